The van der Waals surface area contributed by atoms with E-state index in [2.05, 4.69) is 32.1 Å². The third kappa shape index (κ3) is 6.04. The van der Waals surface area contributed by atoms with Crippen LogP contribution in [0, 0.1) is 20.8 Å². The molecular weight excluding hydrogens is 430 g/mol. The summed E-state index contributed by atoms with van der Waals surface area (Å²) in [6.45, 7) is 5.64. The Bertz CT molecular complexity index is 886. The van der Waals surface area contributed by atoms with Gasteiger partial charge in [0.05, 0.1) is 0 Å². The summed E-state index contributed by atoms with van der Waals surface area (Å²) in [5.74, 6) is -0.161. The number of aryl methyl sites for hydroxylation is 2. The maximum absolute atomic E-state index is 12.1. The lowest BCUT2D eigenvalue weighted by Crippen LogP contribution is -2.49. The summed E-state index contributed by atoms with van der Waals surface area (Å²) in [7, 11) is 0. The first-order valence-electron chi connectivity index (χ1n) is 8.13. The summed E-state index contributed by atoms with van der Waals surface area (Å²) < 4.78 is 6.32. The molecule has 142 valence electrons. The number of halogens is 1. The van der Waals surface area contributed by atoms with Crippen molar-refractivity contribution in [3.05, 3.63) is 63.1 Å². The number of carbonyl (C=O) groups excluding carboxylic acids is 2. The van der Waals surface area contributed by atoms with Crippen LogP contribution in [0.1, 0.15) is 27.0 Å². The Morgan fingerprint density at radius 1 is 1.07 bits per heavy atom. The maximum atomic E-state index is 12.1. The lowest BCUT2D eigenvalue weighted by molar-refractivity contribution is -0.123. The van der Waals surface area contributed by atoms with Crippen molar-refractivity contribution in [2.24, 2.45) is 0 Å². The van der Waals surface area contributed by atoms with Crippen LogP contribution in [0.4, 0.5) is 0 Å². The van der Waals surface area contributed by atoms with Crippen molar-refractivity contribution in [2.45, 2.75) is 20.8 Å². The van der Waals surface area contributed by atoms with E-state index in [-0.39, 0.29) is 17.6 Å². The lowest BCUT2D eigenvalue weighted by Gasteiger charge is -2.13. The Hall–Kier alpha value is -2.45. The first-order valence-corrected chi connectivity index (χ1v) is 9.33. The van der Waals surface area contributed by atoms with E-state index in [0.717, 1.165) is 21.2 Å². The molecule has 0 unspecified atom stereocenters. The molecule has 6 nitrogen and oxygen atoms in total. The largest absolute Gasteiger partial charge is 0.483 e. The molecule has 3 N–H and O–H groups in total. The second-order valence-corrected chi connectivity index (χ2v) is 7.17. The number of hydrogen-bond donors (Lipinski definition) is 3. The number of benzene rings is 2. The standard InChI is InChI=1S/C19H20BrN3O3S/c1-11-5-4-6-16(13(11)3)26-10-17(24)22-23-19(27)21-18(25)14-8-7-12(2)15(20)9-14/h4-9H,10H2,1-3H3,(H,22,24)(H2,21,23,25,27). The second-order valence-electron chi connectivity index (χ2n) is 5.91. The number of hydrogen-bond acceptors (Lipinski definition) is 4. The fourth-order valence-corrected chi connectivity index (χ4v) is 2.65. The van der Waals surface area contributed by atoms with Gasteiger partial charge in [-0.1, -0.05) is 34.1 Å². The number of hydrazine groups is 1. The zero-order chi connectivity index (χ0) is 20.0. The summed E-state index contributed by atoms with van der Waals surface area (Å²) in [5, 5.41) is 2.48. The zero-order valence-corrected chi connectivity index (χ0v) is 17.6. The molecule has 0 fully saturated rings. The van der Waals surface area contributed by atoms with Gasteiger partial charge < -0.3 is 4.74 Å². The van der Waals surface area contributed by atoms with Crippen molar-refractivity contribution < 1.29 is 14.3 Å². The number of carbonyl (C=O) groups is 2. The summed E-state index contributed by atoms with van der Waals surface area (Å²) in [4.78, 5) is 24.0. The van der Waals surface area contributed by atoms with Crippen LogP contribution in [0.25, 0.3) is 0 Å². The number of thiocarbonyl (C=S) groups is 1. The van der Waals surface area contributed by atoms with Crippen LogP contribution in [0.15, 0.2) is 40.9 Å². The average Bonchev–Trinajstić information content (AvgIpc) is 2.63. The van der Waals surface area contributed by atoms with Crippen LogP contribution < -0.4 is 20.9 Å². The Labute approximate surface area is 171 Å². The first kappa shape index (κ1) is 20.9. The highest BCUT2D eigenvalue weighted by atomic mass is 79.9. The Kier molecular flexibility index (Phi) is 7.32. The Morgan fingerprint density at radius 3 is 2.52 bits per heavy atom. The molecule has 0 spiro atoms. The maximum Gasteiger partial charge on any atom is 0.276 e. The molecule has 0 aliphatic rings. The van der Waals surface area contributed by atoms with Crippen molar-refractivity contribution in [2.75, 3.05) is 6.61 Å². The average molecular weight is 450 g/mol. The molecule has 0 saturated carbocycles. The van der Waals surface area contributed by atoms with E-state index < -0.39 is 5.91 Å². The highest BCUT2D eigenvalue weighted by Crippen LogP contribution is 2.20. The van der Waals surface area contributed by atoms with E-state index in [1.807, 2.05) is 39.0 Å². The molecule has 2 aromatic carbocycles. The van der Waals surface area contributed by atoms with Gasteiger partial charge in [-0.3, -0.25) is 25.8 Å². The minimum absolute atomic E-state index is 0.0169. The monoisotopic (exact) mass is 449 g/mol. The van der Waals surface area contributed by atoms with Crippen LogP contribution in [0.3, 0.4) is 0 Å². The molecule has 0 atom stereocenters. The second kappa shape index (κ2) is 9.48. The third-order valence-electron chi connectivity index (χ3n) is 3.89. The molecule has 8 heteroatoms. The van der Waals surface area contributed by atoms with Gasteiger partial charge in [0, 0.05) is 10.0 Å². The van der Waals surface area contributed by atoms with Gasteiger partial charge in [-0.25, -0.2) is 0 Å². The van der Waals surface area contributed by atoms with Crippen LogP contribution in [0.2, 0.25) is 0 Å². The molecule has 2 amide bonds. The van der Waals surface area contributed by atoms with Gasteiger partial charge in [-0.2, -0.15) is 0 Å². The van der Waals surface area contributed by atoms with E-state index in [4.69, 9.17) is 17.0 Å². The molecule has 2 aromatic rings. The zero-order valence-electron chi connectivity index (χ0n) is 15.2. The smallest absolute Gasteiger partial charge is 0.276 e. The molecule has 0 aromatic heterocycles. The molecule has 0 aliphatic heterocycles. The SMILES string of the molecule is Cc1ccc(C(=O)NC(=S)NNC(=O)COc2cccc(C)c2C)cc1Br. The molecule has 0 aliphatic carbocycles. The van der Waals surface area contributed by atoms with Crippen molar-refractivity contribution in [1.29, 1.82) is 0 Å². The van der Waals surface area contributed by atoms with E-state index >= 15 is 0 Å². The highest BCUT2D eigenvalue weighted by Gasteiger charge is 2.10. The van der Waals surface area contributed by atoms with Crippen molar-refractivity contribution >= 4 is 45.1 Å². The molecular formula is C19H20BrN3O3S. The third-order valence-corrected chi connectivity index (χ3v) is 4.95. The molecule has 0 bridgehead atoms. The quantitative estimate of drug-likeness (QED) is 0.493. The Morgan fingerprint density at radius 2 is 1.81 bits per heavy atom. The van der Waals surface area contributed by atoms with Crippen LogP contribution >= 0.6 is 28.1 Å². The van der Waals surface area contributed by atoms with Gasteiger partial charge in [-0.05, 0) is 67.9 Å². The topological polar surface area (TPSA) is 79.5 Å². The van der Waals surface area contributed by atoms with Gasteiger partial charge in [0.15, 0.2) is 11.7 Å². The summed E-state index contributed by atoms with van der Waals surface area (Å²) in [6, 6.07) is 10.8. The van der Waals surface area contributed by atoms with Gasteiger partial charge in [0.25, 0.3) is 11.8 Å². The van der Waals surface area contributed by atoms with Crippen molar-refractivity contribution in [3.63, 3.8) is 0 Å². The number of ether oxygens (including phenoxy) is 1. The molecule has 0 heterocycles. The number of amides is 2. The summed E-state index contributed by atoms with van der Waals surface area (Å²) in [5.41, 5.74) is 8.39. The predicted molar refractivity (Wildman–Crippen MR) is 112 cm³/mol. The van der Waals surface area contributed by atoms with Gasteiger partial charge in [0.2, 0.25) is 0 Å². The van der Waals surface area contributed by atoms with E-state index in [9.17, 15) is 9.59 Å². The van der Waals surface area contributed by atoms with E-state index in [1.54, 1.807) is 18.2 Å². The summed E-state index contributed by atoms with van der Waals surface area (Å²) >= 11 is 8.39. The van der Waals surface area contributed by atoms with Crippen LogP contribution in [-0.4, -0.2) is 23.5 Å². The molecule has 0 saturated heterocycles. The van der Waals surface area contributed by atoms with Gasteiger partial charge in [0.1, 0.15) is 5.75 Å². The molecule has 0 radical (unpaired) electrons. The van der Waals surface area contributed by atoms with Crippen LogP contribution in [-0.2, 0) is 4.79 Å². The molecule has 27 heavy (non-hydrogen) atoms. The fraction of sp³-hybridized carbons (Fsp3) is 0.211. The van der Waals surface area contributed by atoms with Crippen molar-refractivity contribution in [1.82, 2.24) is 16.2 Å². The van der Waals surface area contributed by atoms with E-state index in [1.165, 1.54) is 0 Å². The normalized spacial score (nSPS) is 10.1. The molecule has 2 rings (SSSR count). The number of rotatable bonds is 4. The van der Waals surface area contributed by atoms with Crippen molar-refractivity contribution in [3.8, 4) is 5.75 Å². The van der Waals surface area contributed by atoms with E-state index in [0.29, 0.717) is 11.3 Å². The van der Waals surface area contributed by atoms with Gasteiger partial charge >= 0.3 is 0 Å². The Balaban J connectivity index is 1.79. The predicted octanol–water partition coefficient (Wildman–Crippen LogP) is 3.09. The minimum atomic E-state index is -0.425. The highest BCUT2D eigenvalue weighted by molar-refractivity contribution is 9.10. The summed E-state index contributed by atoms with van der Waals surface area (Å²) in [6.07, 6.45) is 0. The van der Waals surface area contributed by atoms with Gasteiger partial charge in [-0.15, -0.1) is 0 Å². The lowest BCUT2D eigenvalue weighted by atomic mass is 10.1. The van der Waals surface area contributed by atoms with Crippen LogP contribution in [0.5, 0.6) is 5.75 Å². The first-order chi connectivity index (χ1) is 12.8. The fourth-order valence-electron chi connectivity index (χ4n) is 2.13. The minimum Gasteiger partial charge on any atom is -0.483 e. The number of nitrogens with one attached hydrogen (secondary N) is 3.